The molecule has 0 N–H and O–H groups in total. The highest BCUT2D eigenvalue weighted by Gasteiger charge is 2.07. The number of benzene rings is 1. The van der Waals surface area contributed by atoms with E-state index in [4.69, 9.17) is 4.52 Å². The smallest absolute Gasteiger partial charge is 0.133 e. The van der Waals surface area contributed by atoms with Crippen LogP contribution in [0.5, 0.6) is 0 Å². The molecule has 2 rings (SSSR count). The zero-order chi connectivity index (χ0) is 13.7. The van der Waals surface area contributed by atoms with E-state index in [1.807, 2.05) is 31.2 Å². The Morgan fingerprint density at radius 1 is 1.37 bits per heavy atom. The summed E-state index contributed by atoms with van der Waals surface area (Å²) in [7, 11) is -0.876. The molecule has 0 aliphatic rings. The van der Waals surface area contributed by atoms with Crippen molar-refractivity contribution in [2.45, 2.75) is 25.5 Å². The van der Waals surface area contributed by atoms with Crippen molar-refractivity contribution in [1.82, 2.24) is 5.16 Å². The first kappa shape index (κ1) is 14.5. The molecule has 102 valence electrons. The molecule has 0 saturated heterocycles. The van der Waals surface area contributed by atoms with Crippen LogP contribution >= 0.6 is 15.9 Å². The minimum atomic E-state index is -0.876. The summed E-state index contributed by atoms with van der Waals surface area (Å²) in [6.07, 6.45) is 1.84. The van der Waals surface area contributed by atoms with Gasteiger partial charge in [-0.15, -0.1) is 0 Å². The fourth-order valence-corrected chi connectivity index (χ4v) is 3.41. The fourth-order valence-electron chi connectivity index (χ4n) is 1.85. The molecule has 1 atom stereocenters. The summed E-state index contributed by atoms with van der Waals surface area (Å²) in [4.78, 5) is 0. The lowest BCUT2D eigenvalue weighted by Gasteiger charge is -2.03. The predicted octanol–water partition coefficient (Wildman–Crippen LogP) is 3.63. The van der Waals surface area contributed by atoms with Gasteiger partial charge >= 0.3 is 0 Å². The Hall–Kier alpha value is -0.940. The molecule has 0 amide bonds. The third-order valence-corrected chi connectivity index (χ3v) is 4.90. The van der Waals surface area contributed by atoms with Gasteiger partial charge in [0.1, 0.15) is 5.76 Å². The lowest BCUT2D eigenvalue weighted by atomic mass is 10.1. The van der Waals surface area contributed by atoms with Gasteiger partial charge in [-0.05, 0) is 31.4 Å². The van der Waals surface area contributed by atoms with Crippen molar-refractivity contribution < 1.29 is 8.73 Å². The van der Waals surface area contributed by atoms with Crippen LogP contribution in [-0.4, -0.2) is 15.1 Å². The first-order valence-corrected chi connectivity index (χ1v) is 8.44. The van der Waals surface area contributed by atoms with Crippen molar-refractivity contribution in [2.24, 2.45) is 0 Å². The molecular weight excluding hydrogens is 326 g/mol. The third kappa shape index (κ3) is 4.58. The van der Waals surface area contributed by atoms with Crippen molar-refractivity contribution in [3.05, 3.63) is 51.8 Å². The van der Waals surface area contributed by atoms with Crippen LogP contribution in [0.2, 0.25) is 0 Å². The summed E-state index contributed by atoms with van der Waals surface area (Å²) in [6.45, 7) is 1.84. The van der Waals surface area contributed by atoms with Crippen LogP contribution in [0.15, 0.2) is 39.3 Å². The van der Waals surface area contributed by atoms with Crippen LogP contribution in [0.25, 0.3) is 0 Å². The average Bonchev–Trinajstić information content (AvgIpc) is 2.77. The van der Waals surface area contributed by atoms with Crippen molar-refractivity contribution in [1.29, 1.82) is 0 Å². The van der Waals surface area contributed by atoms with Gasteiger partial charge in [0.15, 0.2) is 0 Å². The normalized spacial score (nSPS) is 12.5. The van der Waals surface area contributed by atoms with Crippen molar-refractivity contribution in [3.63, 3.8) is 0 Å². The van der Waals surface area contributed by atoms with Crippen LogP contribution in [0.1, 0.15) is 23.4 Å². The van der Waals surface area contributed by atoms with E-state index >= 15 is 0 Å². The Kier molecular flexibility index (Phi) is 5.34. The van der Waals surface area contributed by atoms with E-state index in [2.05, 4.69) is 27.2 Å². The molecule has 1 aromatic heterocycles. The van der Waals surface area contributed by atoms with Gasteiger partial charge in [0.2, 0.25) is 0 Å². The van der Waals surface area contributed by atoms with Gasteiger partial charge in [0, 0.05) is 27.1 Å². The third-order valence-electron chi connectivity index (χ3n) is 2.76. The summed E-state index contributed by atoms with van der Waals surface area (Å²) in [6, 6.07) is 9.98. The minimum absolute atomic E-state index is 0.479. The van der Waals surface area contributed by atoms with Crippen LogP contribution < -0.4 is 0 Å². The molecular formula is C14H16BrNO2S. The van der Waals surface area contributed by atoms with Gasteiger partial charge in [-0.3, -0.25) is 4.21 Å². The molecule has 1 heterocycles. The summed E-state index contributed by atoms with van der Waals surface area (Å²) in [5, 5.41) is 3.86. The zero-order valence-electron chi connectivity index (χ0n) is 10.8. The highest BCUT2D eigenvalue weighted by atomic mass is 79.9. The monoisotopic (exact) mass is 341 g/mol. The van der Waals surface area contributed by atoms with E-state index in [9.17, 15) is 4.21 Å². The minimum Gasteiger partial charge on any atom is -0.361 e. The predicted molar refractivity (Wildman–Crippen MR) is 80.4 cm³/mol. The number of rotatable bonds is 6. The molecule has 0 bridgehead atoms. The van der Waals surface area contributed by atoms with E-state index < -0.39 is 10.8 Å². The van der Waals surface area contributed by atoms with E-state index in [0.717, 1.165) is 28.8 Å². The Morgan fingerprint density at radius 2 is 2.16 bits per heavy atom. The molecule has 0 unspecified atom stereocenters. The van der Waals surface area contributed by atoms with Crippen molar-refractivity contribution in [2.75, 3.05) is 5.75 Å². The lowest BCUT2D eigenvalue weighted by Crippen LogP contribution is -2.03. The molecule has 0 aliphatic carbocycles. The molecule has 0 spiro atoms. The Bertz CT molecular complexity index is 568. The molecule has 19 heavy (non-hydrogen) atoms. The molecule has 1 aromatic carbocycles. The van der Waals surface area contributed by atoms with Crippen molar-refractivity contribution in [3.8, 4) is 0 Å². The fraction of sp³-hybridized carbons (Fsp3) is 0.357. The quantitative estimate of drug-likeness (QED) is 0.805. The molecule has 0 fully saturated rings. The molecule has 0 saturated carbocycles. The van der Waals surface area contributed by atoms with Crippen molar-refractivity contribution >= 4 is 26.7 Å². The molecule has 5 heteroatoms. The number of aromatic nitrogens is 1. The highest BCUT2D eigenvalue weighted by Crippen LogP contribution is 2.17. The lowest BCUT2D eigenvalue weighted by molar-refractivity contribution is 0.392. The first-order valence-electron chi connectivity index (χ1n) is 6.16. The standard InChI is InChI=1S/C14H16BrNO2S/c1-11-9-13(16-18-11)10-19(17)8-4-6-12-5-2-3-7-14(12)15/h2-3,5,7,9H,4,6,8,10H2,1H3/t19-/m0/s1. The Labute approximate surface area is 124 Å². The second-order valence-corrected chi connectivity index (χ2v) is 6.84. The van der Waals surface area contributed by atoms with Gasteiger partial charge in [0.05, 0.1) is 11.4 Å². The number of hydrogen-bond acceptors (Lipinski definition) is 3. The summed E-state index contributed by atoms with van der Waals surface area (Å²) >= 11 is 3.52. The largest absolute Gasteiger partial charge is 0.361 e. The Morgan fingerprint density at radius 3 is 2.84 bits per heavy atom. The molecule has 0 radical (unpaired) electrons. The Balaban J connectivity index is 1.77. The number of halogens is 1. The number of hydrogen-bond donors (Lipinski definition) is 0. The maximum Gasteiger partial charge on any atom is 0.133 e. The zero-order valence-corrected chi connectivity index (χ0v) is 13.2. The van der Waals surface area contributed by atoms with Gasteiger partial charge in [-0.1, -0.05) is 39.3 Å². The maximum atomic E-state index is 11.9. The topological polar surface area (TPSA) is 43.1 Å². The highest BCUT2D eigenvalue weighted by molar-refractivity contribution is 9.10. The van der Waals surface area contributed by atoms with Gasteiger partial charge in [-0.2, -0.15) is 0 Å². The van der Waals surface area contributed by atoms with Gasteiger partial charge < -0.3 is 4.52 Å². The number of nitrogens with zero attached hydrogens (tertiary/aromatic N) is 1. The molecule has 0 aliphatic heterocycles. The van der Waals surface area contributed by atoms with Crippen LogP contribution in [0, 0.1) is 6.92 Å². The second-order valence-electron chi connectivity index (χ2n) is 4.41. The summed E-state index contributed by atoms with van der Waals surface area (Å²) in [5.41, 5.74) is 2.04. The maximum absolute atomic E-state index is 11.9. The van der Waals surface area contributed by atoms with Gasteiger partial charge in [0.25, 0.3) is 0 Å². The SMILES string of the molecule is Cc1cc(C[S@@](=O)CCCc2ccccc2Br)no1. The first-order chi connectivity index (χ1) is 9.15. The average molecular weight is 342 g/mol. The van der Waals surface area contributed by atoms with Crippen LogP contribution in [0.3, 0.4) is 0 Å². The van der Waals surface area contributed by atoms with E-state index in [-0.39, 0.29) is 0 Å². The molecule has 2 aromatic rings. The second kappa shape index (κ2) is 7.01. The summed E-state index contributed by atoms with van der Waals surface area (Å²) in [5.74, 6) is 1.93. The number of aryl methyl sites for hydroxylation is 2. The van der Waals surface area contributed by atoms with Crippen LogP contribution in [0.4, 0.5) is 0 Å². The van der Waals surface area contributed by atoms with Crippen LogP contribution in [-0.2, 0) is 23.0 Å². The van der Waals surface area contributed by atoms with E-state index in [0.29, 0.717) is 11.5 Å². The summed E-state index contributed by atoms with van der Waals surface area (Å²) < 4.78 is 18.0. The van der Waals surface area contributed by atoms with E-state index in [1.54, 1.807) is 0 Å². The van der Waals surface area contributed by atoms with E-state index in [1.165, 1.54) is 5.56 Å². The molecule has 3 nitrogen and oxygen atoms in total. The van der Waals surface area contributed by atoms with Gasteiger partial charge in [-0.25, -0.2) is 0 Å².